The van der Waals surface area contributed by atoms with Crippen LogP contribution in [0.2, 0.25) is 0 Å². The molecule has 0 saturated carbocycles. The lowest BCUT2D eigenvalue weighted by molar-refractivity contribution is 0.102. The normalized spacial score (nSPS) is 12.9. The van der Waals surface area contributed by atoms with Gasteiger partial charge in [-0.1, -0.05) is 0 Å². The first-order chi connectivity index (χ1) is 9.63. The average Bonchev–Trinajstić information content (AvgIpc) is 2.78. The van der Waals surface area contributed by atoms with Gasteiger partial charge in [-0.2, -0.15) is 5.10 Å². The predicted molar refractivity (Wildman–Crippen MR) is 86.4 cm³/mol. The van der Waals surface area contributed by atoms with Crippen LogP contribution in [0.4, 0.5) is 11.4 Å². The van der Waals surface area contributed by atoms with Crippen LogP contribution in [0.1, 0.15) is 28.0 Å². The number of carbonyl (C=O) groups excluding carboxylic acids is 1. The highest BCUT2D eigenvalue weighted by atomic mass is 35.5. The van der Waals surface area contributed by atoms with Crippen molar-refractivity contribution in [2.24, 2.45) is 7.05 Å². The highest BCUT2D eigenvalue weighted by molar-refractivity contribution is 6.05. The fourth-order valence-corrected chi connectivity index (χ4v) is 2.57. The third kappa shape index (κ3) is 3.19. The summed E-state index contributed by atoms with van der Waals surface area (Å²) >= 11 is 0. The molecule has 5 nitrogen and oxygen atoms in total. The van der Waals surface area contributed by atoms with Crippen LogP contribution in [0.15, 0.2) is 24.4 Å². The van der Waals surface area contributed by atoms with Gasteiger partial charge >= 0.3 is 0 Å². The molecular weight excluding hydrogens is 288 g/mol. The lowest BCUT2D eigenvalue weighted by atomic mass is 10.0. The summed E-state index contributed by atoms with van der Waals surface area (Å²) in [4.78, 5) is 12.2. The molecule has 21 heavy (non-hydrogen) atoms. The molecule has 1 aromatic carbocycles. The number of rotatable bonds is 2. The number of amides is 1. The van der Waals surface area contributed by atoms with Crippen molar-refractivity contribution in [3.05, 3.63) is 41.2 Å². The van der Waals surface area contributed by atoms with E-state index in [2.05, 4.69) is 15.7 Å². The molecular formula is C15H19ClN4O. The molecule has 1 aliphatic heterocycles. The number of hydrogen-bond donors (Lipinski definition) is 2. The molecule has 0 unspecified atom stereocenters. The second kappa shape index (κ2) is 6.18. The maximum Gasteiger partial charge on any atom is 0.259 e. The summed E-state index contributed by atoms with van der Waals surface area (Å²) < 4.78 is 1.65. The molecule has 0 radical (unpaired) electrons. The zero-order chi connectivity index (χ0) is 14.1. The molecule has 0 atom stereocenters. The first-order valence-electron chi connectivity index (χ1n) is 6.82. The monoisotopic (exact) mass is 306 g/mol. The minimum atomic E-state index is -0.112. The van der Waals surface area contributed by atoms with E-state index >= 15 is 0 Å². The van der Waals surface area contributed by atoms with E-state index in [1.54, 1.807) is 10.9 Å². The molecule has 1 aliphatic rings. The summed E-state index contributed by atoms with van der Waals surface area (Å²) in [6.45, 7) is 2.86. The average molecular weight is 307 g/mol. The zero-order valence-corrected chi connectivity index (χ0v) is 13.0. The van der Waals surface area contributed by atoms with Crippen molar-refractivity contribution in [2.75, 3.05) is 17.2 Å². The fraction of sp³-hybridized carbons (Fsp3) is 0.333. The third-order valence-electron chi connectivity index (χ3n) is 3.56. The van der Waals surface area contributed by atoms with Crippen molar-refractivity contribution >= 4 is 29.7 Å². The molecule has 0 saturated heterocycles. The number of aromatic nitrogens is 2. The minimum absolute atomic E-state index is 0. The molecule has 2 heterocycles. The topological polar surface area (TPSA) is 59.0 Å². The Labute approximate surface area is 130 Å². The largest absolute Gasteiger partial charge is 0.385 e. The Morgan fingerprint density at radius 2 is 2.24 bits per heavy atom. The van der Waals surface area contributed by atoms with E-state index in [4.69, 9.17) is 0 Å². The summed E-state index contributed by atoms with van der Waals surface area (Å²) in [5.74, 6) is -0.112. The van der Waals surface area contributed by atoms with E-state index in [1.807, 2.05) is 32.2 Å². The first-order valence-corrected chi connectivity index (χ1v) is 6.82. The van der Waals surface area contributed by atoms with Gasteiger partial charge in [-0.3, -0.25) is 9.48 Å². The van der Waals surface area contributed by atoms with Crippen LogP contribution >= 0.6 is 12.4 Å². The van der Waals surface area contributed by atoms with E-state index in [-0.39, 0.29) is 18.3 Å². The molecule has 0 bridgehead atoms. The number of nitrogens with zero attached hydrogens (tertiary/aromatic N) is 2. The van der Waals surface area contributed by atoms with Crippen LogP contribution in [0.3, 0.4) is 0 Å². The maximum absolute atomic E-state index is 12.2. The number of hydrogen-bond acceptors (Lipinski definition) is 3. The van der Waals surface area contributed by atoms with Crippen LogP contribution < -0.4 is 10.6 Å². The van der Waals surface area contributed by atoms with Crippen molar-refractivity contribution in [3.63, 3.8) is 0 Å². The van der Waals surface area contributed by atoms with Gasteiger partial charge in [-0.15, -0.1) is 12.4 Å². The van der Waals surface area contributed by atoms with Gasteiger partial charge in [0.2, 0.25) is 0 Å². The molecule has 0 fully saturated rings. The van der Waals surface area contributed by atoms with E-state index in [1.165, 1.54) is 11.3 Å². The Kier molecular flexibility index (Phi) is 4.53. The van der Waals surface area contributed by atoms with Gasteiger partial charge in [0.1, 0.15) is 0 Å². The van der Waals surface area contributed by atoms with Crippen LogP contribution in [-0.2, 0) is 13.5 Å². The van der Waals surface area contributed by atoms with Gasteiger partial charge in [0.25, 0.3) is 5.91 Å². The molecule has 112 valence electrons. The SMILES string of the molecule is Cc1nn(C)cc1C(=O)Nc1ccc2c(c1)CCCN2.Cl. The number of anilines is 2. The predicted octanol–water partition coefficient (Wildman–Crippen LogP) is 2.76. The number of halogens is 1. The van der Waals surface area contributed by atoms with Crippen LogP contribution in [-0.4, -0.2) is 22.2 Å². The van der Waals surface area contributed by atoms with Gasteiger partial charge in [0, 0.05) is 31.2 Å². The molecule has 3 rings (SSSR count). The smallest absolute Gasteiger partial charge is 0.259 e. The molecule has 1 aromatic heterocycles. The van der Waals surface area contributed by atoms with Crippen LogP contribution in [0, 0.1) is 6.92 Å². The molecule has 6 heteroatoms. The fourth-order valence-electron chi connectivity index (χ4n) is 2.57. The van der Waals surface area contributed by atoms with E-state index in [9.17, 15) is 4.79 Å². The summed E-state index contributed by atoms with van der Waals surface area (Å²) in [6.07, 6.45) is 3.93. The van der Waals surface area contributed by atoms with Crippen molar-refractivity contribution < 1.29 is 4.79 Å². The first kappa shape index (κ1) is 15.4. The van der Waals surface area contributed by atoms with Gasteiger partial charge in [0.05, 0.1) is 11.3 Å². The highest BCUT2D eigenvalue weighted by Gasteiger charge is 2.14. The number of fused-ring (bicyclic) bond motifs is 1. The van der Waals surface area contributed by atoms with E-state index in [0.717, 1.165) is 30.8 Å². The zero-order valence-electron chi connectivity index (χ0n) is 12.1. The van der Waals surface area contributed by atoms with Crippen molar-refractivity contribution in [2.45, 2.75) is 19.8 Å². The van der Waals surface area contributed by atoms with Crippen LogP contribution in [0.5, 0.6) is 0 Å². The number of nitrogens with one attached hydrogen (secondary N) is 2. The van der Waals surface area contributed by atoms with Gasteiger partial charge < -0.3 is 10.6 Å². The molecule has 0 spiro atoms. The molecule has 0 aliphatic carbocycles. The lowest BCUT2D eigenvalue weighted by Gasteiger charge is -2.18. The van der Waals surface area contributed by atoms with E-state index in [0.29, 0.717) is 5.56 Å². The minimum Gasteiger partial charge on any atom is -0.385 e. The summed E-state index contributed by atoms with van der Waals surface area (Å²) in [6, 6.07) is 6.01. The Hall–Kier alpha value is -2.01. The third-order valence-corrected chi connectivity index (χ3v) is 3.56. The Morgan fingerprint density at radius 1 is 1.43 bits per heavy atom. The van der Waals surface area contributed by atoms with Crippen molar-refractivity contribution in [3.8, 4) is 0 Å². The van der Waals surface area contributed by atoms with Crippen LogP contribution in [0.25, 0.3) is 0 Å². The van der Waals surface area contributed by atoms with Gasteiger partial charge in [0.15, 0.2) is 0 Å². The Morgan fingerprint density at radius 3 is 2.95 bits per heavy atom. The molecule has 2 aromatic rings. The molecule has 2 N–H and O–H groups in total. The molecule has 1 amide bonds. The quantitative estimate of drug-likeness (QED) is 0.897. The highest BCUT2D eigenvalue weighted by Crippen LogP contribution is 2.25. The van der Waals surface area contributed by atoms with Crippen molar-refractivity contribution in [1.82, 2.24) is 9.78 Å². The van der Waals surface area contributed by atoms with Gasteiger partial charge in [-0.25, -0.2) is 0 Å². The number of carbonyl (C=O) groups is 1. The Bertz CT molecular complexity index is 666. The standard InChI is InChI=1S/C15H18N4O.ClH/c1-10-13(9-19(2)18-10)15(20)17-12-5-6-14-11(8-12)4-3-7-16-14;/h5-6,8-9,16H,3-4,7H2,1-2H3,(H,17,20);1H. The van der Waals surface area contributed by atoms with Gasteiger partial charge in [-0.05, 0) is 43.5 Å². The van der Waals surface area contributed by atoms with E-state index < -0.39 is 0 Å². The summed E-state index contributed by atoms with van der Waals surface area (Å²) in [7, 11) is 1.81. The summed E-state index contributed by atoms with van der Waals surface area (Å²) in [5, 5.41) is 10.5. The second-order valence-corrected chi connectivity index (χ2v) is 5.16. The Balaban J connectivity index is 0.00000161. The number of aryl methyl sites for hydroxylation is 3. The summed E-state index contributed by atoms with van der Waals surface area (Å²) in [5.41, 5.74) is 4.62. The number of benzene rings is 1. The lowest BCUT2D eigenvalue weighted by Crippen LogP contribution is -2.15. The second-order valence-electron chi connectivity index (χ2n) is 5.16. The maximum atomic E-state index is 12.2. The van der Waals surface area contributed by atoms with Crippen molar-refractivity contribution in [1.29, 1.82) is 0 Å².